The highest BCUT2D eigenvalue weighted by Crippen LogP contribution is 2.32. The highest BCUT2D eigenvalue weighted by atomic mass is 16.5. The Balaban J connectivity index is 2.24. The van der Waals surface area contributed by atoms with E-state index in [1.165, 1.54) is 0 Å². The number of aromatic hydroxyl groups is 1. The predicted octanol–water partition coefficient (Wildman–Crippen LogP) is 4.90. The summed E-state index contributed by atoms with van der Waals surface area (Å²) >= 11 is 0. The third-order valence-corrected chi connectivity index (χ3v) is 2.72. The molecule has 0 heterocycles. The van der Waals surface area contributed by atoms with Crippen LogP contribution < -0.4 is 4.74 Å². The van der Waals surface area contributed by atoms with Crippen molar-refractivity contribution in [1.82, 2.24) is 0 Å². The van der Waals surface area contributed by atoms with Crippen molar-refractivity contribution in [2.24, 2.45) is 10.2 Å². The van der Waals surface area contributed by atoms with E-state index in [2.05, 4.69) is 17.2 Å². The van der Waals surface area contributed by atoms with Gasteiger partial charge in [0.1, 0.15) is 22.9 Å². The zero-order valence-electron chi connectivity index (χ0n) is 11.7. The van der Waals surface area contributed by atoms with Crippen molar-refractivity contribution in [2.75, 3.05) is 6.61 Å². The Morgan fingerprint density at radius 1 is 1.05 bits per heavy atom. The Hall–Kier alpha value is -2.36. The minimum Gasteiger partial charge on any atom is -0.506 e. The van der Waals surface area contributed by atoms with Gasteiger partial charge in [-0.05, 0) is 43.2 Å². The van der Waals surface area contributed by atoms with Gasteiger partial charge < -0.3 is 9.84 Å². The summed E-state index contributed by atoms with van der Waals surface area (Å²) < 4.78 is 5.61. The molecule has 0 saturated carbocycles. The number of para-hydroxylation sites is 1. The van der Waals surface area contributed by atoms with Crippen LogP contribution in [0.1, 0.15) is 18.9 Å². The molecule has 0 atom stereocenters. The number of phenolic OH excluding ortho intramolecular Hbond substituents is 1. The number of benzene rings is 2. The normalized spacial score (nSPS) is 10.9. The van der Waals surface area contributed by atoms with Crippen LogP contribution in [0.2, 0.25) is 0 Å². The molecule has 2 aromatic rings. The maximum absolute atomic E-state index is 9.74. The van der Waals surface area contributed by atoms with Crippen LogP contribution in [0.25, 0.3) is 0 Å². The first-order valence-corrected chi connectivity index (χ1v) is 6.64. The number of ether oxygens (including phenoxy) is 1. The zero-order chi connectivity index (χ0) is 14.4. The van der Waals surface area contributed by atoms with Crippen molar-refractivity contribution in [2.45, 2.75) is 20.3 Å². The van der Waals surface area contributed by atoms with E-state index in [4.69, 9.17) is 4.74 Å². The molecular weight excluding hydrogens is 252 g/mol. The van der Waals surface area contributed by atoms with Crippen molar-refractivity contribution < 1.29 is 9.84 Å². The topological polar surface area (TPSA) is 54.2 Å². The van der Waals surface area contributed by atoms with Gasteiger partial charge >= 0.3 is 0 Å². The SMILES string of the molecule is CCCOc1ccccc1N=Nc1cc(C)ccc1O. The summed E-state index contributed by atoms with van der Waals surface area (Å²) in [7, 11) is 0. The fourth-order valence-corrected chi connectivity index (χ4v) is 1.70. The van der Waals surface area contributed by atoms with Crippen LogP contribution in [0.3, 0.4) is 0 Å². The van der Waals surface area contributed by atoms with Crippen LogP contribution in [0, 0.1) is 6.92 Å². The van der Waals surface area contributed by atoms with Crippen molar-refractivity contribution >= 4 is 11.4 Å². The van der Waals surface area contributed by atoms with Crippen molar-refractivity contribution in [3.8, 4) is 11.5 Å². The molecule has 2 aromatic carbocycles. The quantitative estimate of drug-likeness (QED) is 0.785. The average molecular weight is 270 g/mol. The van der Waals surface area contributed by atoms with E-state index in [0.717, 1.165) is 12.0 Å². The molecule has 0 fully saturated rings. The van der Waals surface area contributed by atoms with E-state index in [-0.39, 0.29) is 5.75 Å². The fraction of sp³-hybridized carbons (Fsp3) is 0.250. The lowest BCUT2D eigenvalue weighted by molar-refractivity contribution is 0.318. The standard InChI is InChI=1S/C16H18N2O2/c1-3-10-20-16-7-5-4-6-13(16)17-18-14-11-12(2)8-9-15(14)19/h4-9,11,19H,3,10H2,1-2H3. The number of phenols is 1. The molecule has 104 valence electrons. The molecule has 0 amide bonds. The van der Waals surface area contributed by atoms with E-state index < -0.39 is 0 Å². The third kappa shape index (κ3) is 3.57. The van der Waals surface area contributed by atoms with Gasteiger partial charge in [-0.3, -0.25) is 0 Å². The monoisotopic (exact) mass is 270 g/mol. The maximum Gasteiger partial charge on any atom is 0.146 e. The number of aryl methyl sites for hydroxylation is 1. The Bertz CT molecular complexity index is 609. The number of hydrogen-bond donors (Lipinski definition) is 1. The van der Waals surface area contributed by atoms with Gasteiger partial charge in [-0.1, -0.05) is 25.1 Å². The van der Waals surface area contributed by atoms with E-state index in [9.17, 15) is 5.11 Å². The number of azo groups is 1. The van der Waals surface area contributed by atoms with E-state index in [1.54, 1.807) is 12.1 Å². The predicted molar refractivity (Wildman–Crippen MR) is 79.2 cm³/mol. The first kappa shape index (κ1) is 14.1. The highest BCUT2D eigenvalue weighted by Gasteiger charge is 2.03. The van der Waals surface area contributed by atoms with E-state index in [0.29, 0.717) is 23.7 Å². The Labute approximate surface area is 118 Å². The number of rotatable bonds is 5. The summed E-state index contributed by atoms with van der Waals surface area (Å²) in [5.74, 6) is 0.816. The smallest absolute Gasteiger partial charge is 0.146 e. The molecule has 0 aromatic heterocycles. The van der Waals surface area contributed by atoms with Gasteiger partial charge in [0, 0.05) is 0 Å². The summed E-state index contributed by atoms with van der Waals surface area (Å²) in [5.41, 5.74) is 2.13. The minimum absolute atomic E-state index is 0.117. The van der Waals surface area contributed by atoms with Gasteiger partial charge in [0.25, 0.3) is 0 Å². The molecule has 0 unspecified atom stereocenters. The number of nitrogens with zero attached hydrogens (tertiary/aromatic N) is 2. The summed E-state index contributed by atoms with van der Waals surface area (Å²) in [6.45, 7) is 4.63. The van der Waals surface area contributed by atoms with Crippen LogP contribution >= 0.6 is 0 Å². The van der Waals surface area contributed by atoms with Gasteiger partial charge in [-0.2, -0.15) is 0 Å². The molecule has 0 spiro atoms. The molecule has 2 rings (SSSR count). The third-order valence-electron chi connectivity index (χ3n) is 2.72. The second kappa shape index (κ2) is 6.70. The molecule has 0 aliphatic carbocycles. The second-order valence-corrected chi connectivity index (χ2v) is 4.51. The highest BCUT2D eigenvalue weighted by molar-refractivity contribution is 5.54. The van der Waals surface area contributed by atoms with Crippen LogP contribution in [-0.4, -0.2) is 11.7 Å². The maximum atomic E-state index is 9.74. The van der Waals surface area contributed by atoms with Gasteiger partial charge in [-0.15, -0.1) is 10.2 Å². The second-order valence-electron chi connectivity index (χ2n) is 4.51. The molecule has 0 radical (unpaired) electrons. The molecule has 4 heteroatoms. The van der Waals surface area contributed by atoms with Crippen molar-refractivity contribution in [3.63, 3.8) is 0 Å². The van der Waals surface area contributed by atoms with Gasteiger partial charge in [0.15, 0.2) is 0 Å². The Kier molecular flexibility index (Phi) is 4.71. The van der Waals surface area contributed by atoms with Crippen LogP contribution in [0.4, 0.5) is 11.4 Å². The molecule has 0 aliphatic heterocycles. The van der Waals surface area contributed by atoms with Crippen LogP contribution in [0.15, 0.2) is 52.7 Å². The van der Waals surface area contributed by atoms with Gasteiger partial charge in [0.05, 0.1) is 6.61 Å². The van der Waals surface area contributed by atoms with Crippen molar-refractivity contribution in [3.05, 3.63) is 48.0 Å². The Morgan fingerprint density at radius 3 is 2.60 bits per heavy atom. The average Bonchev–Trinajstić information content (AvgIpc) is 2.47. The molecule has 0 saturated heterocycles. The van der Waals surface area contributed by atoms with E-state index in [1.807, 2.05) is 37.3 Å². The summed E-state index contributed by atoms with van der Waals surface area (Å²) in [6.07, 6.45) is 0.935. The number of hydrogen-bond acceptors (Lipinski definition) is 4. The largest absolute Gasteiger partial charge is 0.506 e. The Morgan fingerprint density at radius 2 is 1.80 bits per heavy atom. The molecule has 4 nitrogen and oxygen atoms in total. The molecule has 1 N–H and O–H groups in total. The van der Waals surface area contributed by atoms with Crippen molar-refractivity contribution in [1.29, 1.82) is 0 Å². The van der Waals surface area contributed by atoms with Crippen LogP contribution in [0.5, 0.6) is 11.5 Å². The first-order valence-electron chi connectivity index (χ1n) is 6.64. The lowest BCUT2D eigenvalue weighted by Gasteiger charge is -2.06. The van der Waals surface area contributed by atoms with E-state index >= 15 is 0 Å². The summed E-state index contributed by atoms with van der Waals surface area (Å²) in [6, 6.07) is 12.7. The molecular formula is C16H18N2O2. The zero-order valence-corrected chi connectivity index (χ0v) is 11.7. The molecule has 0 aliphatic rings. The lowest BCUT2D eigenvalue weighted by Crippen LogP contribution is -1.94. The van der Waals surface area contributed by atoms with Gasteiger partial charge in [0.2, 0.25) is 0 Å². The fourth-order valence-electron chi connectivity index (χ4n) is 1.70. The minimum atomic E-state index is 0.117. The summed E-state index contributed by atoms with van der Waals surface area (Å²) in [5, 5.41) is 18.0. The molecule has 0 bridgehead atoms. The molecule has 20 heavy (non-hydrogen) atoms. The first-order chi connectivity index (χ1) is 9.70. The van der Waals surface area contributed by atoms with Gasteiger partial charge in [-0.25, -0.2) is 0 Å². The lowest BCUT2D eigenvalue weighted by atomic mass is 10.2. The summed E-state index contributed by atoms with van der Waals surface area (Å²) in [4.78, 5) is 0. The van der Waals surface area contributed by atoms with Crippen LogP contribution in [-0.2, 0) is 0 Å².